The number of hydrogen-bond acceptors (Lipinski definition) is 11. The van der Waals surface area contributed by atoms with E-state index in [0.717, 1.165) is 11.1 Å². The van der Waals surface area contributed by atoms with Gasteiger partial charge >= 0.3 is 24.2 Å². The van der Waals surface area contributed by atoms with E-state index in [-0.39, 0.29) is 62.7 Å². The van der Waals surface area contributed by atoms with Crippen LogP contribution in [0.1, 0.15) is 105 Å². The molecule has 4 unspecified atom stereocenters. The third-order valence-corrected chi connectivity index (χ3v) is 10.9. The molecular formula is C50H76N8O11. The zero-order chi connectivity index (χ0) is 51.3. The lowest BCUT2D eigenvalue weighted by Crippen LogP contribution is -2.59. The van der Waals surface area contributed by atoms with Crippen molar-refractivity contribution in [2.45, 2.75) is 148 Å². The minimum Gasteiger partial charge on any atom is -0.468 e. The number of rotatable bonds is 22. The number of benzene rings is 2. The van der Waals surface area contributed by atoms with Crippen LogP contribution in [0.25, 0.3) is 0 Å². The van der Waals surface area contributed by atoms with Crippen molar-refractivity contribution in [3.05, 3.63) is 71.8 Å². The largest absolute Gasteiger partial charge is 0.468 e. The van der Waals surface area contributed by atoms with E-state index in [0.29, 0.717) is 38.8 Å². The van der Waals surface area contributed by atoms with E-state index in [1.807, 2.05) is 50.2 Å². The van der Waals surface area contributed by atoms with E-state index in [9.17, 15) is 38.4 Å². The number of unbranched alkanes of at least 4 members (excludes halogenated alkanes) is 1. The van der Waals surface area contributed by atoms with Gasteiger partial charge in [0, 0.05) is 45.6 Å². The molecule has 1 aliphatic rings. The summed E-state index contributed by atoms with van der Waals surface area (Å²) in [5.41, 5.74) is -0.198. The molecule has 0 aromatic heterocycles. The number of hydrogen-bond donors (Lipinski definition) is 6. The highest BCUT2D eigenvalue weighted by Crippen LogP contribution is 2.17. The van der Waals surface area contributed by atoms with Crippen molar-refractivity contribution in [2.75, 3.05) is 40.3 Å². The maximum absolute atomic E-state index is 14.5. The summed E-state index contributed by atoms with van der Waals surface area (Å²) >= 11 is 0. The Morgan fingerprint density at radius 2 is 1.17 bits per heavy atom. The van der Waals surface area contributed by atoms with Gasteiger partial charge in [0.1, 0.15) is 41.9 Å². The molecule has 19 nitrogen and oxygen atoms in total. The summed E-state index contributed by atoms with van der Waals surface area (Å²) in [6.07, 6.45) is 0.562. The smallest absolute Gasteiger partial charge is 0.410 e. The third-order valence-electron chi connectivity index (χ3n) is 10.9. The predicted molar refractivity (Wildman–Crippen MR) is 260 cm³/mol. The van der Waals surface area contributed by atoms with Crippen molar-refractivity contribution >= 4 is 47.8 Å². The first-order valence-electron chi connectivity index (χ1n) is 23.8. The standard InChI is InChI=1S/C50H76N8O11/c1-33(2)29-38(54-43(61)39(30-34-19-13-11-14-20-34)55-44(62)40(31-35-21-15-12-16-22-35)56-47(65)68-49(3,4)5)42(60)53-37(45(63)57-27-24-36(25-28-57)52-46(64)51-9)23-17-18-26-58(32-41(59)67-10)48(66)69-50(6,7)8/h11-16,19-22,33,36-40H,17-18,23-32H2,1-10H3,(H,53,60)(H,54,61)(H,55,62)(H,56,65)(H2,51,52,64). The number of alkyl carbamates (subject to hydrolysis) is 1. The Morgan fingerprint density at radius 3 is 1.67 bits per heavy atom. The lowest BCUT2D eigenvalue weighted by Gasteiger charge is -2.35. The van der Waals surface area contributed by atoms with Crippen LogP contribution in [-0.4, -0.2) is 139 Å². The van der Waals surface area contributed by atoms with Crippen molar-refractivity contribution in [1.29, 1.82) is 0 Å². The fraction of sp³-hybridized carbons (Fsp3) is 0.600. The quantitative estimate of drug-likeness (QED) is 0.0550. The Morgan fingerprint density at radius 1 is 0.681 bits per heavy atom. The molecule has 2 aromatic carbocycles. The fourth-order valence-electron chi connectivity index (χ4n) is 7.50. The van der Waals surface area contributed by atoms with Crippen LogP contribution in [-0.2, 0) is 51.0 Å². The summed E-state index contributed by atoms with van der Waals surface area (Å²) in [6.45, 7) is 14.4. The Kier molecular flexibility index (Phi) is 22.7. The Labute approximate surface area is 407 Å². The Bertz CT molecular complexity index is 2000. The molecule has 0 radical (unpaired) electrons. The van der Waals surface area contributed by atoms with Crippen molar-refractivity contribution in [3.8, 4) is 0 Å². The molecule has 2 aromatic rings. The van der Waals surface area contributed by atoms with Crippen molar-refractivity contribution in [2.24, 2.45) is 5.92 Å². The van der Waals surface area contributed by atoms with Crippen molar-refractivity contribution in [1.82, 2.24) is 41.7 Å². The van der Waals surface area contributed by atoms with Crippen LogP contribution in [0.5, 0.6) is 0 Å². The summed E-state index contributed by atoms with van der Waals surface area (Å²) in [5, 5.41) is 16.7. The van der Waals surface area contributed by atoms with Gasteiger partial charge in [-0.05, 0) is 97.1 Å². The zero-order valence-corrected chi connectivity index (χ0v) is 42.1. The number of nitrogens with one attached hydrogen (secondary N) is 6. The molecule has 19 heteroatoms. The maximum Gasteiger partial charge on any atom is 0.410 e. The Balaban J connectivity index is 1.90. The molecule has 3 rings (SSSR count). The van der Waals surface area contributed by atoms with Gasteiger partial charge in [0.05, 0.1) is 7.11 Å². The van der Waals surface area contributed by atoms with Crippen LogP contribution in [0.3, 0.4) is 0 Å². The van der Waals surface area contributed by atoms with Gasteiger partial charge in [0.2, 0.25) is 23.6 Å². The van der Waals surface area contributed by atoms with E-state index in [4.69, 9.17) is 14.2 Å². The summed E-state index contributed by atoms with van der Waals surface area (Å²) < 4.78 is 15.8. The van der Waals surface area contributed by atoms with Crippen LogP contribution < -0.4 is 31.9 Å². The number of ether oxygens (including phenoxy) is 3. The summed E-state index contributed by atoms with van der Waals surface area (Å²) in [4.78, 5) is 111. The number of nitrogens with zero attached hydrogens (tertiary/aromatic N) is 2. The van der Waals surface area contributed by atoms with E-state index in [1.165, 1.54) is 19.1 Å². The lowest BCUT2D eigenvalue weighted by molar-refractivity contribution is -0.142. The zero-order valence-electron chi connectivity index (χ0n) is 42.1. The van der Waals surface area contributed by atoms with E-state index in [2.05, 4.69) is 31.9 Å². The molecule has 1 heterocycles. The molecule has 8 amide bonds. The second-order valence-electron chi connectivity index (χ2n) is 19.7. The number of carbonyl (C=O) groups is 8. The highest BCUT2D eigenvalue weighted by molar-refractivity contribution is 5.95. The first kappa shape index (κ1) is 56.9. The van der Waals surface area contributed by atoms with E-state index < -0.39 is 71.2 Å². The van der Waals surface area contributed by atoms with Crippen LogP contribution in [0.4, 0.5) is 14.4 Å². The van der Waals surface area contributed by atoms with Gasteiger partial charge in [-0.2, -0.15) is 0 Å². The monoisotopic (exact) mass is 965 g/mol. The van der Waals surface area contributed by atoms with Gasteiger partial charge in [-0.15, -0.1) is 0 Å². The first-order valence-corrected chi connectivity index (χ1v) is 23.8. The molecule has 1 saturated heterocycles. The van der Waals surface area contributed by atoms with Crippen LogP contribution >= 0.6 is 0 Å². The van der Waals surface area contributed by atoms with Crippen LogP contribution in [0.15, 0.2) is 60.7 Å². The highest BCUT2D eigenvalue weighted by Gasteiger charge is 2.35. The van der Waals surface area contributed by atoms with E-state index >= 15 is 0 Å². The number of methoxy groups -OCH3 is 1. The summed E-state index contributed by atoms with van der Waals surface area (Å²) in [6, 6.07) is 13.1. The molecule has 382 valence electrons. The molecule has 4 atom stereocenters. The SMILES string of the molecule is CNC(=O)NC1CCN(C(=O)C(CCCCN(CC(=O)OC)C(=O)OC(C)(C)C)NC(=O)C(CC(C)C)NC(=O)C(Cc2ccccc2)NC(=O)C(Cc2ccccc2)NC(=O)OC(C)(C)C)CC1. The van der Waals surface area contributed by atoms with Gasteiger partial charge in [0.25, 0.3) is 0 Å². The second kappa shape index (κ2) is 27.6. The third kappa shape index (κ3) is 21.6. The molecule has 6 N–H and O–H groups in total. The van der Waals surface area contributed by atoms with Crippen molar-refractivity contribution < 1.29 is 52.6 Å². The number of urea groups is 1. The molecule has 1 aliphatic heterocycles. The summed E-state index contributed by atoms with van der Waals surface area (Å²) in [5.74, 6) is -3.03. The topological polar surface area (TPSA) is 243 Å². The van der Waals surface area contributed by atoms with Gasteiger partial charge in [-0.3, -0.25) is 28.9 Å². The second-order valence-corrected chi connectivity index (χ2v) is 19.7. The average Bonchev–Trinajstić information content (AvgIpc) is 3.27. The summed E-state index contributed by atoms with van der Waals surface area (Å²) in [7, 11) is 2.74. The normalized spacial score (nSPS) is 14.7. The predicted octanol–water partition coefficient (Wildman–Crippen LogP) is 4.37. The maximum atomic E-state index is 14.5. The number of amides is 8. The van der Waals surface area contributed by atoms with Gasteiger partial charge in [-0.1, -0.05) is 74.5 Å². The van der Waals surface area contributed by atoms with Crippen LogP contribution in [0, 0.1) is 5.92 Å². The molecule has 1 fully saturated rings. The molecular weight excluding hydrogens is 889 g/mol. The number of carbonyl (C=O) groups excluding carboxylic acids is 8. The van der Waals surface area contributed by atoms with Gasteiger partial charge < -0.3 is 51.0 Å². The number of esters is 1. The average molecular weight is 965 g/mol. The van der Waals surface area contributed by atoms with Crippen molar-refractivity contribution in [3.63, 3.8) is 0 Å². The fourth-order valence-corrected chi connectivity index (χ4v) is 7.50. The first-order chi connectivity index (χ1) is 32.5. The van der Waals surface area contributed by atoms with Gasteiger partial charge in [-0.25, -0.2) is 14.4 Å². The minimum atomic E-state index is -1.21. The van der Waals surface area contributed by atoms with Crippen LogP contribution in [0.2, 0.25) is 0 Å². The number of piperidine rings is 1. The highest BCUT2D eigenvalue weighted by atomic mass is 16.6. The number of likely N-dealkylation sites (tertiary alicyclic amines) is 1. The molecule has 0 spiro atoms. The van der Waals surface area contributed by atoms with E-state index in [1.54, 1.807) is 70.7 Å². The van der Waals surface area contributed by atoms with Gasteiger partial charge in [0.15, 0.2) is 0 Å². The molecule has 0 aliphatic carbocycles. The molecule has 69 heavy (non-hydrogen) atoms. The lowest BCUT2D eigenvalue weighted by atomic mass is 9.99. The molecule has 0 bridgehead atoms. The molecule has 0 saturated carbocycles. The minimum absolute atomic E-state index is 0.0427. The Hall–Kier alpha value is -6.40.